The molecule has 0 fully saturated rings. The van der Waals surface area contributed by atoms with Crippen LogP contribution in [0.4, 0.5) is 0 Å². The first-order chi connectivity index (χ1) is 50.6. The van der Waals surface area contributed by atoms with Crippen molar-refractivity contribution in [2.24, 2.45) is 0 Å². The smallest absolute Gasteiger partial charge is 0.238 e. The van der Waals surface area contributed by atoms with Gasteiger partial charge in [-0.3, -0.25) is 9.13 Å². The lowest BCUT2D eigenvalue weighted by atomic mass is 10.1. The van der Waals surface area contributed by atoms with Gasteiger partial charge in [0.05, 0.1) is 44.1 Å². The van der Waals surface area contributed by atoms with Gasteiger partial charge < -0.3 is 9.13 Å². The zero-order chi connectivity index (χ0) is 66.9. The molecule has 14 aromatic carbocycles. The van der Waals surface area contributed by atoms with E-state index in [9.17, 15) is 0 Å². The Morgan fingerprint density at radius 2 is 0.539 bits per heavy atom. The molecule has 0 atom stereocenters. The van der Waals surface area contributed by atoms with Gasteiger partial charge in [-0.2, -0.15) is 19.9 Å². The molecule has 0 spiro atoms. The Morgan fingerprint density at radius 1 is 0.206 bits per heavy atom. The molecule has 8 aromatic heterocycles. The van der Waals surface area contributed by atoms with Crippen LogP contribution in [-0.2, 0) is 0 Å². The minimum Gasteiger partial charge on any atom is -0.307 e. The molecule has 8 heterocycles. The maximum absolute atomic E-state index is 5.39. The molecular formula is C90H54N10S2. The summed E-state index contributed by atoms with van der Waals surface area (Å²) in [4.78, 5) is 31.6. The Labute approximate surface area is 590 Å². The number of hydrogen-bond acceptors (Lipinski definition) is 8. The zero-order valence-electron chi connectivity index (χ0n) is 54.5. The quantitative estimate of drug-likeness (QED) is 0.150. The number of para-hydroxylation sites is 6. The molecule has 0 saturated heterocycles. The first-order valence-corrected chi connectivity index (χ1v) is 35.7. The summed E-state index contributed by atoms with van der Waals surface area (Å²) >= 11 is 3.59. The van der Waals surface area contributed by atoms with Gasteiger partial charge in [-0.15, -0.1) is 22.7 Å². The Morgan fingerprint density at radius 3 is 1.02 bits per heavy atom. The summed E-state index contributed by atoms with van der Waals surface area (Å²) in [5.41, 5.74) is 14.8. The van der Waals surface area contributed by atoms with Crippen molar-refractivity contribution in [1.82, 2.24) is 48.2 Å². The first-order valence-electron chi connectivity index (χ1n) is 34.1. The maximum Gasteiger partial charge on any atom is 0.238 e. The fraction of sp³-hybridized carbons (Fsp3) is 0. The fourth-order valence-corrected chi connectivity index (χ4v) is 17.9. The highest BCUT2D eigenvalue weighted by molar-refractivity contribution is 7.26. The number of aromatic nitrogens is 10. The third kappa shape index (κ3) is 9.03. The molecule has 102 heavy (non-hydrogen) atoms. The molecule has 0 amide bonds. The van der Waals surface area contributed by atoms with Gasteiger partial charge in [-0.25, -0.2) is 9.97 Å². The second-order valence-corrected chi connectivity index (χ2v) is 27.8. The maximum atomic E-state index is 5.39. The van der Waals surface area contributed by atoms with Crippen molar-refractivity contribution < 1.29 is 0 Å². The largest absolute Gasteiger partial charge is 0.307 e. The summed E-state index contributed by atoms with van der Waals surface area (Å²) in [6, 6.07) is 115. The Bertz CT molecular complexity index is 7130. The SMILES string of the molecule is c1ccc(-c2nc(-c3ccc4c(c3)sc3ccccc34)nc(-n3c4ccccc4c4ccc5c6ccccc6n(-c6ccccc6)c5c43)n2)cc1.c1ccc(-c2nc(-c3cccc4c3sc3ccccc34)nc(-n3c4ccccc4c4ccc5c6ccccc6n(-c6ccccc6)c5c43)n2)cc1. The number of benzene rings is 14. The van der Waals surface area contributed by atoms with E-state index in [1.54, 1.807) is 22.7 Å². The van der Waals surface area contributed by atoms with Crippen LogP contribution in [-0.4, -0.2) is 48.2 Å². The zero-order valence-corrected chi connectivity index (χ0v) is 56.1. The van der Waals surface area contributed by atoms with E-state index in [-0.39, 0.29) is 0 Å². The van der Waals surface area contributed by atoms with Crippen molar-refractivity contribution in [3.63, 3.8) is 0 Å². The van der Waals surface area contributed by atoms with Crippen molar-refractivity contribution in [2.75, 3.05) is 0 Å². The van der Waals surface area contributed by atoms with Crippen molar-refractivity contribution >= 4 is 150 Å². The fourth-order valence-electron chi connectivity index (χ4n) is 15.5. The lowest BCUT2D eigenvalue weighted by molar-refractivity contribution is 0.953. The summed E-state index contributed by atoms with van der Waals surface area (Å²) < 4.78 is 14.2. The third-order valence-electron chi connectivity index (χ3n) is 20.0. The molecule has 12 heteroatoms. The van der Waals surface area contributed by atoms with E-state index in [1.165, 1.54) is 61.9 Å². The average Bonchev–Trinajstić information content (AvgIpc) is 1.55. The predicted octanol–water partition coefficient (Wildman–Crippen LogP) is 23.5. The number of nitrogens with zero attached hydrogens (tertiary/aromatic N) is 10. The van der Waals surface area contributed by atoms with Crippen LogP contribution < -0.4 is 0 Å². The number of thiophene rings is 2. The van der Waals surface area contributed by atoms with Gasteiger partial charge in [-0.1, -0.05) is 255 Å². The number of rotatable bonds is 8. The second-order valence-electron chi connectivity index (χ2n) is 25.7. The molecule has 0 saturated carbocycles. The van der Waals surface area contributed by atoms with E-state index in [0.29, 0.717) is 35.2 Å². The van der Waals surface area contributed by atoms with Gasteiger partial charge in [0.2, 0.25) is 11.9 Å². The van der Waals surface area contributed by atoms with Crippen LogP contribution in [0.2, 0.25) is 0 Å². The van der Waals surface area contributed by atoms with E-state index in [4.69, 9.17) is 29.9 Å². The summed E-state index contributed by atoms with van der Waals surface area (Å²) in [6.45, 7) is 0. The second kappa shape index (κ2) is 23.2. The van der Waals surface area contributed by atoms with E-state index in [1.807, 2.05) is 36.4 Å². The Kier molecular flexibility index (Phi) is 13.1. The van der Waals surface area contributed by atoms with Crippen molar-refractivity contribution in [2.45, 2.75) is 0 Å². The molecule has 0 aliphatic rings. The van der Waals surface area contributed by atoms with Crippen LogP contribution in [0.3, 0.4) is 0 Å². The van der Waals surface area contributed by atoms with Crippen molar-refractivity contribution in [1.29, 1.82) is 0 Å². The van der Waals surface area contributed by atoms with Gasteiger partial charge in [-0.05, 0) is 72.8 Å². The molecule has 22 aromatic rings. The topological polar surface area (TPSA) is 97.1 Å². The molecule has 0 bridgehead atoms. The highest BCUT2D eigenvalue weighted by Crippen LogP contribution is 2.46. The highest BCUT2D eigenvalue weighted by Gasteiger charge is 2.27. The van der Waals surface area contributed by atoms with Gasteiger partial charge in [0.1, 0.15) is 0 Å². The van der Waals surface area contributed by atoms with Crippen molar-refractivity contribution in [3.8, 4) is 68.8 Å². The van der Waals surface area contributed by atoms with Gasteiger partial charge in [0, 0.05) is 117 Å². The minimum absolute atomic E-state index is 0.582. The molecule has 22 rings (SSSR count). The van der Waals surface area contributed by atoms with Crippen LogP contribution in [0, 0.1) is 0 Å². The van der Waals surface area contributed by atoms with Crippen LogP contribution in [0.25, 0.3) is 196 Å². The van der Waals surface area contributed by atoms with Crippen molar-refractivity contribution in [3.05, 3.63) is 328 Å². The van der Waals surface area contributed by atoms with Crippen LogP contribution >= 0.6 is 22.7 Å². The highest BCUT2D eigenvalue weighted by atomic mass is 32.1. The summed E-state index contributed by atoms with van der Waals surface area (Å²) in [5.74, 6) is 3.72. The average molecular weight is 1340 g/mol. The molecule has 0 aliphatic heterocycles. The van der Waals surface area contributed by atoms with E-state index >= 15 is 0 Å². The van der Waals surface area contributed by atoms with Crippen LogP contribution in [0.1, 0.15) is 0 Å². The monoisotopic (exact) mass is 1340 g/mol. The molecule has 476 valence electrons. The standard InChI is InChI=1S/2C45H27N5S/c1-3-14-28(15-4-1)43-46-44(36-22-13-21-35-32-20-9-12-25-39(32)51-42(35)36)48-45(47-43)50-38-24-11-8-19-31(38)34-27-26-33-30-18-7-10-23-37(30)49(40(33)41(34)50)29-16-5-2-6-17-29;1-3-13-28(14-4-1)43-46-44(29-23-24-34-33-19-9-12-22-39(33)51-40(34)27-29)48-45(47-43)50-38-21-11-8-18-32(38)36-26-25-35-31-17-7-10-20-37(31)49(41(35)42(36)50)30-15-5-2-6-16-30/h2*1-27H. The molecule has 10 nitrogen and oxygen atoms in total. The van der Waals surface area contributed by atoms with E-state index in [0.717, 1.165) is 99.3 Å². The third-order valence-corrected chi connectivity index (χ3v) is 22.3. The van der Waals surface area contributed by atoms with Crippen LogP contribution in [0.15, 0.2) is 328 Å². The number of fused-ring (bicyclic) bond motifs is 20. The lowest BCUT2D eigenvalue weighted by Gasteiger charge is -2.13. The predicted molar refractivity (Wildman–Crippen MR) is 425 cm³/mol. The van der Waals surface area contributed by atoms with Crippen LogP contribution in [0.5, 0.6) is 0 Å². The van der Waals surface area contributed by atoms with E-state index in [2.05, 4.69) is 309 Å². The Hall–Kier alpha value is -13.3. The van der Waals surface area contributed by atoms with E-state index < -0.39 is 0 Å². The molecule has 0 N–H and O–H groups in total. The number of hydrogen-bond donors (Lipinski definition) is 0. The Balaban J connectivity index is 0.000000133. The molecule has 0 unspecified atom stereocenters. The van der Waals surface area contributed by atoms with Gasteiger partial charge >= 0.3 is 0 Å². The molecule has 0 aliphatic carbocycles. The summed E-state index contributed by atoms with van der Waals surface area (Å²) in [5, 5.41) is 14.3. The van der Waals surface area contributed by atoms with Gasteiger partial charge in [0.25, 0.3) is 0 Å². The minimum atomic E-state index is 0.582. The summed E-state index contributed by atoms with van der Waals surface area (Å²) in [7, 11) is 0. The normalized spacial score (nSPS) is 11.9. The molecule has 0 radical (unpaired) electrons. The van der Waals surface area contributed by atoms with Gasteiger partial charge in [0.15, 0.2) is 23.3 Å². The molecular weight excluding hydrogens is 1290 g/mol. The lowest BCUT2D eigenvalue weighted by Crippen LogP contribution is -2.07. The first kappa shape index (κ1) is 57.8. The summed E-state index contributed by atoms with van der Waals surface area (Å²) in [6.07, 6.45) is 0.